The van der Waals surface area contributed by atoms with Crippen LogP contribution in [0.2, 0.25) is 0 Å². The number of hydrogen-bond acceptors (Lipinski definition) is 3. The van der Waals surface area contributed by atoms with Crippen LogP contribution in [0.15, 0.2) is 60.7 Å². The second-order valence-electron chi connectivity index (χ2n) is 3.32. The highest BCUT2D eigenvalue weighted by Gasteiger charge is 2.06. The van der Waals surface area contributed by atoms with Crippen LogP contribution in [0.1, 0.15) is 15.9 Å². The van der Waals surface area contributed by atoms with Gasteiger partial charge < -0.3 is 4.55 Å². The van der Waals surface area contributed by atoms with Crippen LogP contribution >= 0.6 is 0 Å². The first-order valence-electron chi connectivity index (χ1n) is 5.09. The third-order valence-corrected chi connectivity index (χ3v) is 2.07. The summed E-state index contributed by atoms with van der Waals surface area (Å²) in [5.41, 5.74) is 1.47. The predicted octanol–water partition coefficient (Wildman–Crippen LogP) is 1.66. The van der Waals surface area contributed by atoms with Crippen LogP contribution in [-0.4, -0.2) is 14.5 Å². The molecule has 0 heterocycles. The average Bonchev–Trinajstić information content (AvgIpc) is 2.39. The van der Waals surface area contributed by atoms with E-state index in [0.717, 1.165) is 11.1 Å². The fourth-order valence-electron chi connectivity index (χ4n) is 1.35. The molecule has 0 aromatic heterocycles. The highest BCUT2D eigenvalue weighted by molar-refractivity contribution is 7.76. The summed E-state index contributed by atoms with van der Waals surface area (Å²) in [5, 5.41) is 4.03. The molecular weight excluding hydrogens is 250 g/mol. The lowest BCUT2D eigenvalue weighted by Gasteiger charge is -1.99. The van der Waals surface area contributed by atoms with E-state index in [9.17, 15) is 4.79 Å². The van der Waals surface area contributed by atoms with Crippen LogP contribution in [-0.2, 0) is 11.3 Å². The van der Waals surface area contributed by atoms with Gasteiger partial charge in [0.2, 0.25) is 0 Å². The highest BCUT2D eigenvalue weighted by Crippen LogP contribution is 2.08. The Bertz CT molecular complexity index is 469. The summed E-state index contributed by atoms with van der Waals surface area (Å²) < 4.78 is 17.6. The van der Waals surface area contributed by atoms with Gasteiger partial charge in [-0.1, -0.05) is 60.7 Å². The molecule has 2 aromatic carbocycles. The third-order valence-electron chi connectivity index (χ3n) is 2.07. The zero-order chi connectivity index (χ0) is 13.4. The van der Waals surface area contributed by atoms with Crippen molar-refractivity contribution in [2.75, 3.05) is 0 Å². The topological polar surface area (TPSA) is 83.2 Å². The fraction of sp³-hybridized carbons (Fsp3) is 0. The largest absolute Gasteiger partial charge is 0.760 e. The molecule has 2 aromatic rings. The number of ketones is 1. The van der Waals surface area contributed by atoms with Gasteiger partial charge in [-0.2, -0.15) is 0 Å². The Morgan fingerprint density at radius 3 is 1.44 bits per heavy atom. The Balaban J connectivity index is 0.000000357. The zero-order valence-electron chi connectivity index (χ0n) is 9.48. The molecule has 0 aliphatic rings. The van der Waals surface area contributed by atoms with E-state index in [-0.39, 0.29) is 5.78 Å². The van der Waals surface area contributed by atoms with Gasteiger partial charge in [0.25, 0.3) is 0 Å². The molecule has 1 atom stereocenters. The second-order valence-corrected chi connectivity index (χ2v) is 3.84. The van der Waals surface area contributed by atoms with E-state index in [0.29, 0.717) is 0 Å². The van der Waals surface area contributed by atoms with Crippen molar-refractivity contribution in [3.05, 3.63) is 71.8 Å². The Hall–Kier alpha value is -1.82. The van der Waals surface area contributed by atoms with E-state index < -0.39 is 11.3 Å². The predicted molar refractivity (Wildman–Crippen MR) is 69.4 cm³/mol. The van der Waals surface area contributed by atoms with Gasteiger partial charge in [0, 0.05) is 22.4 Å². The monoisotopic (exact) mass is 262 g/mol. The van der Waals surface area contributed by atoms with E-state index in [1.807, 2.05) is 60.7 Å². The average molecular weight is 262 g/mol. The van der Waals surface area contributed by atoms with Gasteiger partial charge in [-0.25, -0.2) is 0 Å². The molecule has 0 fully saturated rings. The summed E-state index contributed by atoms with van der Waals surface area (Å²) in [5.74, 6) is 0.0752. The molecule has 4 nitrogen and oxygen atoms in total. The maximum Gasteiger partial charge on any atom is 0.193 e. The molecule has 18 heavy (non-hydrogen) atoms. The van der Waals surface area contributed by atoms with E-state index in [1.54, 1.807) is 0 Å². The normalized spacial score (nSPS) is 11.0. The molecule has 0 spiro atoms. The summed E-state index contributed by atoms with van der Waals surface area (Å²) >= 11 is -2.36. The van der Waals surface area contributed by atoms with Crippen LogP contribution in [0.3, 0.4) is 0 Å². The van der Waals surface area contributed by atoms with Crippen molar-refractivity contribution in [1.29, 1.82) is 0 Å². The van der Waals surface area contributed by atoms with Gasteiger partial charge in [-0.3, -0.25) is 14.1 Å². The lowest BCUT2D eigenvalue weighted by atomic mass is 10.0. The maximum atomic E-state index is 11.8. The lowest BCUT2D eigenvalue weighted by molar-refractivity contribution is 0.103. The van der Waals surface area contributed by atoms with Crippen molar-refractivity contribution in [2.45, 2.75) is 0 Å². The van der Waals surface area contributed by atoms with Gasteiger partial charge in [0.05, 0.1) is 0 Å². The van der Waals surface area contributed by atoms with Crippen LogP contribution in [0.5, 0.6) is 0 Å². The minimum atomic E-state index is -2.36. The fourth-order valence-corrected chi connectivity index (χ4v) is 1.35. The van der Waals surface area contributed by atoms with Crippen LogP contribution < -0.4 is 5.14 Å². The summed E-state index contributed by atoms with van der Waals surface area (Å²) in [7, 11) is 0. The Kier molecular flexibility index (Phi) is 5.93. The number of carbonyl (C=O) groups excluding carboxylic acids is 1. The smallest absolute Gasteiger partial charge is 0.193 e. The number of carbonyl (C=O) groups is 1. The number of benzene rings is 2. The molecule has 2 rings (SSSR count). The number of hydrogen-bond donors (Lipinski definition) is 1. The highest BCUT2D eigenvalue weighted by atomic mass is 32.2. The Labute approximate surface area is 108 Å². The molecular formula is C13H12NO3S-. The molecule has 5 heteroatoms. The number of rotatable bonds is 2. The van der Waals surface area contributed by atoms with Crippen molar-refractivity contribution >= 4 is 17.0 Å². The first-order valence-corrected chi connectivity index (χ1v) is 6.23. The molecule has 0 saturated carbocycles. The quantitative estimate of drug-likeness (QED) is 0.660. The molecule has 94 valence electrons. The summed E-state index contributed by atoms with van der Waals surface area (Å²) in [6, 6.07) is 18.6. The van der Waals surface area contributed by atoms with Gasteiger partial charge in [-0.05, 0) is 0 Å². The molecule has 1 unspecified atom stereocenters. The van der Waals surface area contributed by atoms with Crippen molar-refractivity contribution < 1.29 is 13.6 Å². The second kappa shape index (κ2) is 7.50. The van der Waals surface area contributed by atoms with Crippen molar-refractivity contribution in [1.82, 2.24) is 0 Å². The molecule has 0 aliphatic carbocycles. The zero-order valence-corrected chi connectivity index (χ0v) is 10.3. The van der Waals surface area contributed by atoms with Crippen LogP contribution in [0.4, 0.5) is 0 Å². The van der Waals surface area contributed by atoms with Gasteiger partial charge in [0.1, 0.15) is 0 Å². The first-order chi connectivity index (χ1) is 8.61. The Morgan fingerprint density at radius 1 is 0.889 bits per heavy atom. The van der Waals surface area contributed by atoms with Crippen molar-refractivity contribution in [3.63, 3.8) is 0 Å². The summed E-state index contributed by atoms with van der Waals surface area (Å²) in [6.07, 6.45) is 0. The maximum absolute atomic E-state index is 11.8. The SMILES string of the molecule is NS(=O)[O-].O=C(c1ccccc1)c1ccccc1. The Morgan fingerprint density at radius 2 is 1.17 bits per heavy atom. The third kappa shape index (κ3) is 5.01. The molecule has 0 amide bonds. The van der Waals surface area contributed by atoms with Crippen LogP contribution in [0, 0.1) is 0 Å². The molecule has 0 aliphatic heterocycles. The number of nitrogens with two attached hydrogens (primary N) is 1. The van der Waals surface area contributed by atoms with Crippen LogP contribution in [0.25, 0.3) is 0 Å². The standard InChI is InChI=1S/C13H10O.H3NO2S/c14-13(11-7-3-1-4-8-11)12-9-5-2-6-10-12;1-4(2)3/h1-10H;1H2,(H,2,3)/p-1. The first kappa shape index (κ1) is 14.2. The minimum absolute atomic E-state index is 0.0752. The van der Waals surface area contributed by atoms with Gasteiger partial charge in [-0.15, -0.1) is 0 Å². The van der Waals surface area contributed by atoms with E-state index in [1.165, 1.54) is 0 Å². The van der Waals surface area contributed by atoms with E-state index >= 15 is 0 Å². The minimum Gasteiger partial charge on any atom is -0.760 e. The van der Waals surface area contributed by atoms with E-state index in [2.05, 4.69) is 5.14 Å². The summed E-state index contributed by atoms with van der Waals surface area (Å²) in [6.45, 7) is 0. The van der Waals surface area contributed by atoms with Gasteiger partial charge in [0.15, 0.2) is 5.78 Å². The van der Waals surface area contributed by atoms with E-state index in [4.69, 9.17) is 8.76 Å². The van der Waals surface area contributed by atoms with Crippen molar-refractivity contribution in [2.24, 2.45) is 5.14 Å². The summed E-state index contributed by atoms with van der Waals surface area (Å²) in [4.78, 5) is 11.8. The lowest BCUT2D eigenvalue weighted by Crippen LogP contribution is -1.99. The molecule has 0 radical (unpaired) electrons. The van der Waals surface area contributed by atoms with Crippen molar-refractivity contribution in [3.8, 4) is 0 Å². The van der Waals surface area contributed by atoms with Gasteiger partial charge >= 0.3 is 0 Å². The molecule has 0 saturated heterocycles. The molecule has 0 bridgehead atoms. The molecule has 2 N–H and O–H groups in total.